The van der Waals surface area contributed by atoms with E-state index in [1.807, 2.05) is 6.92 Å². The number of nitrogens with one attached hydrogen (secondary N) is 1. The second-order valence-corrected chi connectivity index (χ2v) is 5.06. The molecule has 104 valence electrons. The van der Waals surface area contributed by atoms with Gasteiger partial charge in [0.15, 0.2) is 0 Å². The molecule has 0 saturated heterocycles. The minimum atomic E-state index is -0.516. The van der Waals surface area contributed by atoms with Crippen LogP contribution in [0.3, 0.4) is 0 Å². The van der Waals surface area contributed by atoms with Gasteiger partial charge in [0.2, 0.25) is 0 Å². The van der Waals surface area contributed by atoms with Gasteiger partial charge < -0.3 is 5.32 Å². The van der Waals surface area contributed by atoms with Crippen LogP contribution in [0.15, 0.2) is 41.0 Å². The average molecular weight is 340 g/mol. The summed E-state index contributed by atoms with van der Waals surface area (Å²) in [6, 6.07) is 7.40. The molecule has 1 aromatic carbocycles. The molecule has 5 nitrogen and oxygen atoms in total. The summed E-state index contributed by atoms with van der Waals surface area (Å²) in [7, 11) is 0. The summed E-state index contributed by atoms with van der Waals surface area (Å²) in [6.45, 7) is 1.85. The maximum atomic E-state index is 13.2. The highest BCUT2D eigenvalue weighted by atomic mass is 79.9. The van der Waals surface area contributed by atoms with Crippen molar-refractivity contribution in [1.82, 2.24) is 4.98 Å². The van der Waals surface area contributed by atoms with Crippen molar-refractivity contribution in [3.05, 3.63) is 62.5 Å². The molecule has 0 aliphatic carbocycles. The molecule has 0 aliphatic heterocycles. The SMILES string of the molecule is CC(Nc1ncc([N+](=O)[O-])cc1Br)c1cccc(F)c1. The van der Waals surface area contributed by atoms with Gasteiger partial charge >= 0.3 is 0 Å². The normalized spacial score (nSPS) is 11.9. The molecule has 0 fully saturated rings. The number of pyridine rings is 1. The highest BCUT2D eigenvalue weighted by Gasteiger charge is 2.13. The molecule has 1 heterocycles. The third-order valence-corrected chi connectivity index (χ3v) is 3.34. The second kappa shape index (κ2) is 5.96. The number of halogens is 2. The third-order valence-electron chi connectivity index (χ3n) is 2.74. The molecular weight excluding hydrogens is 329 g/mol. The fourth-order valence-electron chi connectivity index (χ4n) is 1.70. The van der Waals surface area contributed by atoms with Crippen LogP contribution in [0.1, 0.15) is 18.5 Å². The zero-order valence-electron chi connectivity index (χ0n) is 10.5. The van der Waals surface area contributed by atoms with E-state index in [1.165, 1.54) is 24.4 Å². The Bertz CT molecular complexity index is 651. The molecule has 0 radical (unpaired) electrons. The Hall–Kier alpha value is -2.02. The molecule has 1 atom stereocenters. The van der Waals surface area contributed by atoms with Crippen LogP contribution >= 0.6 is 15.9 Å². The molecule has 0 aliphatic rings. The second-order valence-electron chi connectivity index (χ2n) is 4.20. The Morgan fingerprint density at radius 3 is 2.80 bits per heavy atom. The molecule has 0 saturated carbocycles. The monoisotopic (exact) mass is 339 g/mol. The number of benzene rings is 1. The molecule has 0 spiro atoms. The first-order valence-electron chi connectivity index (χ1n) is 5.79. The molecule has 0 amide bonds. The van der Waals surface area contributed by atoms with Gasteiger partial charge in [0.05, 0.1) is 15.4 Å². The van der Waals surface area contributed by atoms with E-state index in [4.69, 9.17) is 0 Å². The first-order chi connectivity index (χ1) is 9.47. The van der Waals surface area contributed by atoms with Crippen molar-refractivity contribution < 1.29 is 9.31 Å². The number of aromatic nitrogens is 1. The molecule has 7 heteroatoms. The summed E-state index contributed by atoms with van der Waals surface area (Å²) >= 11 is 3.23. The summed E-state index contributed by atoms with van der Waals surface area (Å²) in [5.74, 6) is 0.152. The maximum absolute atomic E-state index is 13.2. The summed E-state index contributed by atoms with van der Waals surface area (Å²) in [4.78, 5) is 14.1. The third kappa shape index (κ3) is 3.30. The fraction of sp³-hybridized carbons (Fsp3) is 0.154. The van der Waals surface area contributed by atoms with Gasteiger partial charge in [-0.05, 0) is 40.5 Å². The standard InChI is InChI=1S/C13H11BrFN3O2/c1-8(9-3-2-4-10(15)5-9)17-13-12(14)6-11(7-16-13)18(19)20/h2-8H,1H3,(H,16,17). The lowest BCUT2D eigenvalue weighted by atomic mass is 10.1. The van der Waals surface area contributed by atoms with E-state index in [0.29, 0.717) is 10.3 Å². The van der Waals surface area contributed by atoms with E-state index >= 15 is 0 Å². The number of nitro groups is 1. The lowest BCUT2D eigenvalue weighted by Crippen LogP contribution is -2.09. The maximum Gasteiger partial charge on any atom is 0.288 e. The number of hydrogen-bond acceptors (Lipinski definition) is 4. The van der Waals surface area contributed by atoms with E-state index in [2.05, 4.69) is 26.2 Å². The minimum Gasteiger partial charge on any atom is -0.363 e. The van der Waals surface area contributed by atoms with Gasteiger partial charge in [0.25, 0.3) is 5.69 Å². The fourth-order valence-corrected chi connectivity index (χ4v) is 2.15. The Morgan fingerprint density at radius 1 is 1.45 bits per heavy atom. The van der Waals surface area contributed by atoms with E-state index < -0.39 is 4.92 Å². The van der Waals surface area contributed by atoms with Crippen LogP contribution in [0.25, 0.3) is 0 Å². The van der Waals surface area contributed by atoms with Gasteiger partial charge in [0, 0.05) is 6.07 Å². The highest BCUT2D eigenvalue weighted by molar-refractivity contribution is 9.10. The Morgan fingerprint density at radius 2 is 2.20 bits per heavy atom. The zero-order chi connectivity index (χ0) is 14.7. The van der Waals surface area contributed by atoms with Crippen LogP contribution in [0, 0.1) is 15.9 Å². The van der Waals surface area contributed by atoms with Crippen molar-refractivity contribution in [2.75, 3.05) is 5.32 Å². The number of anilines is 1. The van der Waals surface area contributed by atoms with Gasteiger partial charge in [-0.1, -0.05) is 12.1 Å². The number of rotatable bonds is 4. The van der Waals surface area contributed by atoms with Gasteiger partial charge in [-0.3, -0.25) is 10.1 Å². The van der Waals surface area contributed by atoms with Gasteiger partial charge in [0.1, 0.15) is 17.8 Å². The minimum absolute atomic E-state index is 0.0965. The lowest BCUT2D eigenvalue weighted by Gasteiger charge is -2.15. The molecular formula is C13H11BrFN3O2. The molecule has 1 aromatic heterocycles. The first kappa shape index (κ1) is 14.4. The molecule has 2 aromatic rings. The van der Waals surface area contributed by atoms with E-state index in [-0.39, 0.29) is 17.5 Å². The van der Waals surface area contributed by atoms with Crippen molar-refractivity contribution in [3.63, 3.8) is 0 Å². The number of nitrogens with zero attached hydrogens (tertiary/aromatic N) is 2. The van der Waals surface area contributed by atoms with Crippen molar-refractivity contribution in [2.24, 2.45) is 0 Å². The van der Waals surface area contributed by atoms with Crippen LogP contribution in [-0.2, 0) is 0 Å². The van der Waals surface area contributed by atoms with Crippen LogP contribution in [-0.4, -0.2) is 9.91 Å². The smallest absolute Gasteiger partial charge is 0.288 e. The largest absolute Gasteiger partial charge is 0.363 e. The molecule has 1 unspecified atom stereocenters. The van der Waals surface area contributed by atoms with Crippen LogP contribution in [0.2, 0.25) is 0 Å². The van der Waals surface area contributed by atoms with Crippen LogP contribution in [0.4, 0.5) is 15.9 Å². The zero-order valence-corrected chi connectivity index (χ0v) is 12.1. The predicted octanol–water partition coefficient (Wildman–Crippen LogP) is 4.06. The summed E-state index contributed by atoms with van der Waals surface area (Å²) < 4.78 is 13.6. The quantitative estimate of drug-likeness (QED) is 0.673. The highest BCUT2D eigenvalue weighted by Crippen LogP contribution is 2.27. The van der Waals surface area contributed by atoms with Crippen molar-refractivity contribution in [2.45, 2.75) is 13.0 Å². The topological polar surface area (TPSA) is 68.1 Å². The van der Waals surface area contributed by atoms with Gasteiger partial charge in [-0.2, -0.15) is 0 Å². The van der Waals surface area contributed by atoms with Gasteiger partial charge in [-0.15, -0.1) is 0 Å². The van der Waals surface area contributed by atoms with E-state index in [1.54, 1.807) is 12.1 Å². The number of hydrogen-bond donors (Lipinski definition) is 1. The predicted molar refractivity (Wildman–Crippen MR) is 77.0 cm³/mol. The molecule has 2 rings (SSSR count). The Labute approximate surface area is 123 Å². The molecule has 0 bridgehead atoms. The molecule has 20 heavy (non-hydrogen) atoms. The lowest BCUT2D eigenvalue weighted by molar-refractivity contribution is -0.385. The van der Waals surface area contributed by atoms with Crippen molar-refractivity contribution in [3.8, 4) is 0 Å². The van der Waals surface area contributed by atoms with Crippen LogP contribution < -0.4 is 5.32 Å². The van der Waals surface area contributed by atoms with Gasteiger partial charge in [-0.25, -0.2) is 9.37 Å². The average Bonchev–Trinajstić information content (AvgIpc) is 2.40. The first-order valence-corrected chi connectivity index (χ1v) is 6.58. The van der Waals surface area contributed by atoms with Crippen molar-refractivity contribution >= 4 is 27.4 Å². The molecule has 1 N–H and O–H groups in total. The van der Waals surface area contributed by atoms with E-state index in [0.717, 1.165) is 5.56 Å². The van der Waals surface area contributed by atoms with Crippen molar-refractivity contribution in [1.29, 1.82) is 0 Å². The summed E-state index contributed by atoms with van der Waals surface area (Å²) in [5.41, 5.74) is 0.665. The summed E-state index contributed by atoms with van der Waals surface area (Å²) in [6.07, 6.45) is 1.17. The van der Waals surface area contributed by atoms with Crippen LogP contribution in [0.5, 0.6) is 0 Å². The Kier molecular flexibility index (Phi) is 4.29. The summed E-state index contributed by atoms with van der Waals surface area (Å²) in [5, 5.41) is 13.7. The van der Waals surface area contributed by atoms with E-state index in [9.17, 15) is 14.5 Å². The Balaban J connectivity index is 2.19.